The van der Waals surface area contributed by atoms with Gasteiger partial charge in [0.15, 0.2) is 0 Å². The molecule has 4 rings (SSSR count). The summed E-state index contributed by atoms with van der Waals surface area (Å²) in [5.41, 5.74) is 0.920. The molecule has 30 heavy (non-hydrogen) atoms. The Morgan fingerprint density at radius 3 is 2.50 bits per heavy atom. The Bertz CT molecular complexity index is 1250. The monoisotopic (exact) mass is 405 g/mol. The summed E-state index contributed by atoms with van der Waals surface area (Å²) in [6.45, 7) is 1.84. The molecule has 4 aromatic rings. The van der Waals surface area contributed by atoms with Crippen molar-refractivity contribution in [2.75, 3.05) is 19.0 Å². The first kappa shape index (κ1) is 19.2. The zero-order valence-electron chi connectivity index (χ0n) is 16.4. The van der Waals surface area contributed by atoms with Gasteiger partial charge in [-0.3, -0.25) is 4.79 Å². The highest BCUT2D eigenvalue weighted by Crippen LogP contribution is 2.19. The molecule has 0 saturated carbocycles. The van der Waals surface area contributed by atoms with E-state index in [0.29, 0.717) is 17.3 Å². The van der Waals surface area contributed by atoms with Crippen LogP contribution in [0.25, 0.3) is 11.5 Å². The maximum Gasteiger partial charge on any atom is 0.376 e. The summed E-state index contributed by atoms with van der Waals surface area (Å²) in [5.74, 6) is 0.316. The van der Waals surface area contributed by atoms with E-state index in [1.54, 1.807) is 38.3 Å². The molecule has 0 bridgehead atoms. The Kier molecular flexibility index (Phi) is 5.17. The van der Waals surface area contributed by atoms with E-state index in [1.165, 1.54) is 10.7 Å². The highest BCUT2D eigenvalue weighted by molar-refractivity contribution is 5.86. The topological polar surface area (TPSA) is 99.8 Å². The van der Waals surface area contributed by atoms with E-state index in [0.717, 1.165) is 10.1 Å². The number of ether oxygens (including phenoxy) is 2. The van der Waals surface area contributed by atoms with Gasteiger partial charge in [-0.1, -0.05) is 18.2 Å². The van der Waals surface area contributed by atoms with Crippen LogP contribution in [-0.2, 0) is 4.74 Å². The number of hydrogen-bond acceptors (Lipinski definition) is 7. The number of aromatic nitrogens is 4. The van der Waals surface area contributed by atoms with Crippen LogP contribution in [0.2, 0.25) is 0 Å². The zero-order valence-corrected chi connectivity index (χ0v) is 16.4. The van der Waals surface area contributed by atoms with Crippen molar-refractivity contribution >= 4 is 23.3 Å². The van der Waals surface area contributed by atoms with E-state index in [1.807, 2.05) is 30.3 Å². The molecule has 9 nitrogen and oxygen atoms in total. The molecule has 2 aromatic carbocycles. The molecule has 0 atom stereocenters. The molecule has 9 heteroatoms. The van der Waals surface area contributed by atoms with Crippen LogP contribution >= 0.6 is 0 Å². The quantitative estimate of drug-likeness (QED) is 0.492. The molecule has 152 valence electrons. The smallest absolute Gasteiger partial charge is 0.376 e. The van der Waals surface area contributed by atoms with Gasteiger partial charge in [-0.05, 0) is 43.3 Å². The van der Waals surface area contributed by atoms with Crippen molar-refractivity contribution in [2.24, 2.45) is 0 Å². The van der Waals surface area contributed by atoms with Crippen molar-refractivity contribution in [2.45, 2.75) is 6.92 Å². The predicted octanol–water partition coefficient (Wildman–Crippen LogP) is 2.81. The number of para-hydroxylation sites is 1. The molecule has 1 N–H and O–H groups in total. The Labute approximate surface area is 171 Å². The summed E-state index contributed by atoms with van der Waals surface area (Å²) in [4.78, 5) is 29.8. The summed E-state index contributed by atoms with van der Waals surface area (Å²) in [5, 5.41) is 7.41. The Morgan fingerprint density at radius 2 is 1.83 bits per heavy atom. The molecular formula is C21H19N5O4. The average molecular weight is 405 g/mol. The third-order valence-electron chi connectivity index (χ3n) is 4.32. The van der Waals surface area contributed by atoms with E-state index in [9.17, 15) is 9.59 Å². The number of nitrogens with zero attached hydrogens (tertiary/aromatic N) is 4. The summed E-state index contributed by atoms with van der Waals surface area (Å²) in [6.07, 6.45) is 0. The van der Waals surface area contributed by atoms with Crippen LogP contribution in [0.5, 0.6) is 5.75 Å². The fourth-order valence-electron chi connectivity index (χ4n) is 2.95. The van der Waals surface area contributed by atoms with E-state index in [4.69, 9.17) is 9.47 Å². The van der Waals surface area contributed by atoms with Crippen LogP contribution in [0.4, 0.5) is 11.5 Å². The number of anilines is 2. The van der Waals surface area contributed by atoms with Crippen molar-refractivity contribution in [1.29, 1.82) is 0 Å². The number of nitrogens with one attached hydrogen (secondary N) is 1. The number of carbonyl (C=O) groups is 1. The minimum Gasteiger partial charge on any atom is -0.497 e. The average Bonchev–Trinajstić information content (AvgIpc) is 3.15. The van der Waals surface area contributed by atoms with Crippen LogP contribution < -0.4 is 15.6 Å². The van der Waals surface area contributed by atoms with Gasteiger partial charge < -0.3 is 14.8 Å². The fraction of sp³-hybridized carbons (Fsp3) is 0.143. The number of esters is 1. The Balaban J connectivity index is 1.89. The molecule has 0 aliphatic rings. The van der Waals surface area contributed by atoms with Crippen LogP contribution in [0, 0.1) is 0 Å². The Hall–Kier alpha value is -4.14. The number of benzene rings is 2. The van der Waals surface area contributed by atoms with Gasteiger partial charge in [0.05, 0.1) is 19.4 Å². The number of methoxy groups -OCH3 is 1. The van der Waals surface area contributed by atoms with Crippen LogP contribution in [-0.4, -0.2) is 38.9 Å². The van der Waals surface area contributed by atoms with Gasteiger partial charge in [-0.15, -0.1) is 5.10 Å². The molecule has 2 aromatic heterocycles. The molecule has 0 saturated heterocycles. The lowest BCUT2D eigenvalue weighted by atomic mass is 10.3. The van der Waals surface area contributed by atoms with Gasteiger partial charge >= 0.3 is 5.97 Å². The first-order chi connectivity index (χ1) is 14.6. The molecule has 0 unspecified atom stereocenters. The van der Waals surface area contributed by atoms with Gasteiger partial charge in [0.2, 0.25) is 11.6 Å². The molecule has 0 spiro atoms. The normalized spacial score (nSPS) is 10.7. The number of rotatable bonds is 6. The van der Waals surface area contributed by atoms with Gasteiger partial charge in [0.1, 0.15) is 11.6 Å². The zero-order chi connectivity index (χ0) is 21.1. The maximum atomic E-state index is 12.9. The molecule has 0 aliphatic carbocycles. The fourth-order valence-corrected chi connectivity index (χ4v) is 2.95. The molecule has 0 aliphatic heterocycles. The first-order valence-electron chi connectivity index (χ1n) is 9.27. The van der Waals surface area contributed by atoms with Crippen molar-refractivity contribution < 1.29 is 14.3 Å². The van der Waals surface area contributed by atoms with E-state index < -0.39 is 11.5 Å². The van der Waals surface area contributed by atoms with Gasteiger partial charge in [0.25, 0.3) is 5.56 Å². The van der Waals surface area contributed by atoms with E-state index >= 15 is 0 Å². The summed E-state index contributed by atoms with van der Waals surface area (Å²) >= 11 is 0. The third-order valence-corrected chi connectivity index (χ3v) is 4.32. The van der Waals surface area contributed by atoms with Gasteiger partial charge in [0, 0.05) is 11.8 Å². The largest absolute Gasteiger partial charge is 0.497 e. The molecular weight excluding hydrogens is 386 g/mol. The molecule has 0 amide bonds. The van der Waals surface area contributed by atoms with E-state index in [2.05, 4.69) is 15.4 Å². The highest BCUT2D eigenvalue weighted by Gasteiger charge is 2.22. The molecule has 2 heterocycles. The lowest BCUT2D eigenvalue weighted by molar-refractivity contribution is 0.0509. The van der Waals surface area contributed by atoms with E-state index in [-0.39, 0.29) is 18.2 Å². The Morgan fingerprint density at radius 1 is 1.10 bits per heavy atom. The second-order valence-corrected chi connectivity index (χ2v) is 6.26. The number of fused-ring (bicyclic) bond motifs is 1. The van der Waals surface area contributed by atoms with Crippen molar-refractivity contribution in [3.63, 3.8) is 0 Å². The molecule has 0 fully saturated rings. The van der Waals surface area contributed by atoms with Crippen molar-refractivity contribution in [3.05, 3.63) is 76.8 Å². The standard InChI is InChI=1S/C21H19N5O4/c1-3-30-20(28)19-24-26(15-9-11-16(29-2)12-10-15)21-23-17(13-18(27)25(19)21)22-14-7-5-4-6-8-14/h4-13,22H,3H2,1-2H3. The lowest BCUT2D eigenvalue weighted by Gasteiger charge is -2.07. The number of carbonyl (C=O) groups excluding carboxylic acids is 1. The minimum atomic E-state index is -0.706. The summed E-state index contributed by atoms with van der Waals surface area (Å²) in [6, 6.07) is 17.7. The SMILES string of the molecule is CCOC(=O)c1nn(-c2ccc(OC)cc2)c2nc(Nc3ccccc3)cc(=O)n12. The lowest BCUT2D eigenvalue weighted by Crippen LogP contribution is -2.20. The maximum absolute atomic E-state index is 12.9. The first-order valence-corrected chi connectivity index (χ1v) is 9.27. The van der Waals surface area contributed by atoms with Crippen LogP contribution in [0.15, 0.2) is 65.5 Å². The highest BCUT2D eigenvalue weighted by atomic mass is 16.5. The second-order valence-electron chi connectivity index (χ2n) is 6.26. The van der Waals surface area contributed by atoms with Crippen LogP contribution in [0.3, 0.4) is 0 Å². The summed E-state index contributed by atoms with van der Waals surface area (Å²) in [7, 11) is 1.57. The minimum absolute atomic E-state index is 0.147. The molecule has 0 radical (unpaired) electrons. The number of hydrogen-bond donors (Lipinski definition) is 1. The third kappa shape index (κ3) is 3.60. The predicted molar refractivity (Wildman–Crippen MR) is 111 cm³/mol. The van der Waals surface area contributed by atoms with Crippen molar-refractivity contribution in [3.8, 4) is 11.4 Å². The second kappa shape index (κ2) is 8.08. The van der Waals surface area contributed by atoms with Gasteiger partial charge in [-0.25, -0.2) is 9.20 Å². The van der Waals surface area contributed by atoms with Crippen molar-refractivity contribution in [1.82, 2.24) is 19.2 Å². The van der Waals surface area contributed by atoms with Gasteiger partial charge in [-0.2, -0.15) is 9.67 Å². The summed E-state index contributed by atoms with van der Waals surface area (Å²) < 4.78 is 12.8. The van der Waals surface area contributed by atoms with Crippen LogP contribution in [0.1, 0.15) is 17.5 Å².